The molecule has 12 heteroatoms. The van der Waals surface area contributed by atoms with Gasteiger partial charge in [0.05, 0.1) is 17.1 Å². The van der Waals surface area contributed by atoms with Crippen molar-refractivity contribution in [1.29, 1.82) is 5.26 Å². The first kappa shape index (κ1) is 23.7. The number of amides is 1. The second-order valence-electron chi connectivity index (χ2n) is 8.11. The van der Waals surface area contributed by atoms with Crippen molar-refractivity contribution in [3.63, 3.8) is 0 Å². The summed E-state index contributed by atoms with van der Waals surface area (Å²) < 4.78 is 29.5. The monoisotopic (exact) mass is 501 g/mol. The van der Waals surface area contributed by atoms with Crippen LogP contribution in [0.25, 0.3) is 11.0 Å². The molecule has 2 aromatic heterocycles. The summed E-state index contributed by atoms with van der Waals surface area (Å²) in [7, 11) is -2.35. The van der Waals surface area contributed by atoms with E-state index in [1.165, 1.54) is 23.7 Å². The van der Waals surface area contributed by atoms with E-state index in [1.807, 2.05) is 6.07 Å². The third kappa shape index (κ3) is 4.48. The van der Waals surface area contributed by atoms with Gasteiger partial charge in [-0.2, -0.15) is 5.26 Å². The van der Waals surface area contributed by atoms with Crippen LogP contribution in [0.15, 0.2) is 41.2 Å². The van der Waals surface area contributed by atoms with Crippen molar-refractivity contribution in [2.75, 3.05) is 6.61 Å². The summed E-state index contributed by atoms with van der Waals surface area (Å²) in [6, 6.07) is 11.4. The van der Waals surface area contributed by atoms with Gasteiger partial charge in [0.1, 0.15) is 33.3 Å². The highest BCUT2D eigenvalue weighted by Crippen LogP contribution is 2.43. The van der Waals surface area contributed by atoms with E-state index in [1.54, 1.807) is 24.3 Å². The standard InChI is InChI=1S/C22H20ClN5O5S/c1-28-19-16(27-18(23)9-17(19)33-12-22(6-7-22)34(25,31)32)8-15(21(28)30)20(29)26-11-14-4-2-13(10-24)3-5-14/h2-5,8-9H,6-7,11-12H2,1H3,(H,26,29)(H2,25,31,32). The summed E-state index contributed by atoms with van der Waals surface area (Å²) in [6.45, 7) is -0.0407. The molecule has 3 N–H and O–H groups in total. The number of carbonyl (C=O) groups excluding carboxylic acids is 1. The Morgan fingerprint density at radius 3 is 2.59 bits per heavy atom. The number of ether oxygens (including phenoxy) is 1. The first-order valence-electron chi connectivity index (χ1n) is 10.2. The molecule has 0 atom stereocenters. The molecule has 34 heavy (non-hydrogen) atoms. The molecule has 0 spiro atoms. The molecule has 0 radical (unpaired) electrons. The maximum atomic E-state index is 13.0. The van der Waals surface area contributed by atoms with Gasteiger partial charge in [0.2, 0.25) is 10.0 Å². The van der Waals surface area contributed by atoms with Crippen LogP contribution in [0.3, 0.4) is 0 Å². The minimum Gasteiger partial charge on any atom is -0.489 e. The summed E-state index contributed by atoms with van der Waals surface area (Å²) in [5.74, 6) is -0.448. The lowest BCUT2D eigenvalue weighted by atomic mass is 10.1. The molecule has 2 heterocycles. The van der Waals surface area contributed by atoms with Gasteiger partial charge in [-0.1, -0.05) is 23.7 Å². The number of nitriles is 1. The number of primary sulfonamides is 1. The van der Waals surface area contributed by atoms with E-state index >= 15 is 0 Å². The molecule has 1 fully saturated rings. The zero-order valence-electron chi connectivity index (χ0n) is 18.0. The van der Waals surface area contributed by atoms with E-state index in [4.69, 9.17) is 26.7 Å². The lowest BCUT2D eigenvalue weighted by molar-refractivity contribution is 0.0949. The summed E-state index contributed by atoms with van der Waals surface area (Å²) in [5.41, 5.74) is 1.01. The van der Waals surface area contributed by atoms with Gasteiger partial charge >= 0.3 is 0 Å². The Hall–Kier alpha value is -3.46. The number of aryl methyl sites for hydroxylation is 1. The number of nitrogens with two attached hydrogens (primary N) is 1. The number of sulfonamides is 1. The molecule has 0 bridgehead atoms. The Balaban J connectivity index is 1.62. The Kier molecular flexibility index (Phi) is 6.07. The number of fused-ring (bicyclic) bond motifs is 1. The highest BCUT2D eigenvalue weighted by molar-refractivity contribution is 7.90. The van der Waals surface area contributed by atoms with E-state index in [2.05, 4.69) is 10.3 Å². The Labute approximate surface area is 200 Å². The number of rotatable bonds is 7. The first-order valence-corrected chi connectivity index (χ1v) is 12.1. The van der Waals surface area contributed by atoms with Gasteiger partial charge in [0.25, 0.3) is 11.5 Å². The molecule has 1 saturated carbocycles. The number of benzene rings is 1. The number of nitrogens with one attached hydrogen (secondary N) is 1. The van der Waals surface area contributed by atoms with Crippen LogP contribution in [-0.4, -0.2) is 35.2 Å². The highest BCUT2D eigenvalue weighted by Gasteiger charge is 2.54. The molecule has 1 aromatic carbocycles. The zero-order chi connectivity index (χ0) is 24.7. The predicted octanol–water partition coefficient (Wildman–Crippen LogP) is 1.59. The Bertz CT molecular complexity index is 1510. The summed E-state index contributed by atoms with van der Waals surface area (Å²) in [6.07, 6.45) is 0.760. The second-order valence-corrected chi connectivity index (χ2v) is 10.5. The number of carbonyl (C=O) groups is 1. The van der Waals surface area contributed by atoms with Crippen LogP contribution in [0.2, 0.25) is 5.15 Å². The SMILES string of the molecule is Cn1c(=O)c(C(=O)NCc2ccc(C#N)cc2)cc2nc(Cl)cc(OCC3(S(N)(=O)=O)CC3)c21. The van der Waals surface area contributed by atoms with Crippen LogP contribution in [0.1, 0.15) is 34.3 Å². The van der Waals surface area contributed by atoms with Crippen LogP contribution >= 0.6 is 11.6 Å². The van der Waals surface area contributed by atoms with Crippen LogP contribution in [0, 0.1) is 11.3 Å². The lowest BCUT2D eigenvalue weighted by Gasteiger charge is -2.17. The number of halogens is 1. The van der Waals surface area contributed by atoms with Crippen LogP contribution in [0.4, 0.5) is 0 Å². The largest absolute Gasteiger partial charge is 0.489 e. The summed E-state index contributed by atoms with van der Waals surface area (Å²) in [5, 5.41) is 16.9. The number of hydrogen-bond donors (Lipinski definition) is 2. The van der Waals surface area contributed by atoms with Crippen LogP contribution in [-0.2, 0) is 23.6 Å². The minimum absolute atomic E-state index is 0.0468. The van der Waals surface area contributed by atoms with E-state index in [9.17, 15) is 18.0 Å². The fourth-order valence-electron chi connectivity index (χ4n) is 3.53. The fraction of sp³-hybridized carbons (Fsp3) is 0.273. The maximum Gasteiger partial charge on any atom is 0.263 e. The first-order chi connectivity index (χ1) is 16.0. The highest BCUT2D eigenvalue weighted by atomic mass is 35.5. The zero-order valence-corrected chi connectivity index (χ0v) is 19.6. The molecule has 0 saturated heterocycles. The van der Waals surface area contributed by atoms with E-state index < -0.39 is 26.2 Å². The van der Waals surface area contributed by atoms with Gasteiger partial charge < -0.3 is 14.6 Å². The predicted molar refractivity (Wildman–Crippen MR) is 125 cm³/mol. The molecule has 1 aliphatic carbocycles. The van der Waals surface area contributed by atoms with Gasteiger partial charge in [0, 0.05) is 19.7 Å². The van der Waals surface area contributed by atoms with Crippen molar-refractivity contribution in [2.45, 2.75) is 24.1 Å². The van der Waals surface area contributed by atoms with Crippen molar-refractivity contribution < 1.29 is 17.9 Å². The number of aromatic nitrogens is 2. The topological polar surface area (TPSA) is 157 Å². The van der Waals surface area contributed by atoms with E-state index in [0.29, 0.717) is 18.4 Å². The molecule has 4 rings (SSSR count). The van der Waals surface area contributed by atoms with Crippen molar-refractivity contribution >= 4 is 38.6 Å². The molecular weight excluding hydrogens is 482 g/mol. The van der Waals surface area contributed by atoms with Gasteiger partial charge in [0.15, 0.2) is 0 Å². The number of nitrogens with zero attached hydrogens (tertiary/aromatic N) is 3. The summed E-state index contributed by atoms with van der Waals surface area (Å²) in [4.78, 5) is 29.9. The Morgan fingerprint density at radius 1 is 1.32 bits per heavy atom. The van der Waals surface area contributed by atoms with Gasteiger partial charge in [-0.3, -0.25) is 9.59 Å². The van der Waals surface area contributed by atoms with E-state index in [-0.39, 0.29) is 40.7 Å². The molecule has 1 amide bonds. The van der Waals surface area contributed by atoms with Gasteiger partial charge in [-0.05, 0) is 36.6 Å². The average Bonchev–Trinajstić information content (AvgIpc) is 3.60. The third-order valence-corrected chi connectivity index (χ3v) is 7.71. The molecule has 3 aromatic rings. The average molecular weight is 502 g/mol. The number of hydrogen-bond acceptors (Lipinski definition) is 7. The summed E-state index contributed by atoms with van der Waals surface area (Å²) >= 11 is 6.12. The molecule has 1 aliphatic rings. The maximum absolute atomic E-state index is 13.0. The second kappa shape index (κ2) is 8.72. The molecule has 10 nitrogen and oxygen atoms in total. The minimum atomic E-state index is -3.81. The smallest absolute Gasteiger partial charge is 0.263 e. The van der Waals surface area contributed by atoms with Crippen molar-refractivity contribution in [2.24, 2.45) is 12.2 Å². The normalized spacial score (nSPS) is 14.4. The molecular formula is C22H20ClN5O5S. The molecule has 0 unspecified atom stereocenters. The van der Waals surface area contributed by atoms with Crippen molar-refractivity contribution in [1.82, 2.24) is 14.9 Å². The quantitative estimate of drug-likeness (QED) is 0.465. The molecule has 176 valence electrons. The molecule has 0 aliphatic heterocycles. The number of pyridine rings is 2. The van der Waals surface area contributed by atoms with Crippen molar-refractivity contribution in [3.8, 4) is 11.8 Å². The Morgan fingerprint density at radius 2 is 2.00 bits per heavy atom. The van der Waals surface area contributed by atoms with E-state index in [0.717, 1.165) is 5.56 Å². The van der Waals surface area contributed by atoms with Crippen LogP contribution < -0.4 is 20.8 Å². The fourth-order valence-corrected chi connectivity index (χ4v) is 4.61. The lowest BCUT2D eigenvalue weighted by Crippen LogP contribution is -2.36. The van der Waals surface area contributed by atoms with Gasteiger partial charge in [-0.25, -0.2) is 18.5 Å². The third-order valence-electron chi connectivity index (χ3n) is 5.79. The van der Waals surface area contributed by atoms with Crippen molar-refractivity contribution in [3.05, 3.63) is 68.6 Å². The van der Waals surface area contributed by atoms with Crippen LogP contribution in [0.5, 0.6) is 5.75 Å². The van der Waals surface area contributed by atoms with Gasteiger partial charge in [-0.15, -0.1) is 0 Å².